The Hall–Kier alpha value is -1.48. The van der Waals surface area contributed by atoms with E-state index in [1.54, 1.807) is 0 Å². The molecule has 3 N–H and O–H groups in total. The lowest BCUT2D eigenvalue weighted by molar-refractivity contribution is 0.340. The summed E-state index contributed by atoms with van der Waals surface area (Å²) in [7, 11) is 0. The molecule has 2 aromatic rings. The number of aromatic nitrogens is 1. The highest BCUT2D eigenvalue weighted by atomic mass is 16.5. The number of nitrogens with two attached hydrogens (primary N) is 1. The minimum atomic E-state index is -0.150. The van der Waals surface area contributed by atoms with Gasteiger partial charge < -0.3 is 15.5 Å². The van der Waals surface area contributed by atoms with Gasteiger partial charge in [-0.2, -0.15) is 0 Å². The van der Waals surface area contributed by atoms with Gasteiger partial charge in [0.2, 0.25) is 0 Å². The first kappa shape index (κ1) is 11.6. The molecule has 3 heteroatoms. The number of benzene rings is 1. The van der Waals surface area contributed by atoms with E-state index in [0.29, 0.717) is 6.61 Å². The summed E-state index contributed by atoms with van der Waals surface area (Å²) >= 11 is 0. The van der Waals surface area contributed by atoms with Gasteiger partial charge in [-0.25, -0.2) is 0 Å². The third kappa shape index (κ3) is 1.79. The van der Waals surface area contributed by atoms with Crippen molar-refractivity contribution in [1.29, 1.82) is 0 Å². The van der Waals surface area contributed by atoms with Gasteiger partial charge in [0.15, 0.2) is 0 Å². The van der Waals surface area contributed by atoms with Crippen molar-refractivity contribution in [2.45, 2.75) is 38.1 Å². The van der Waals surface area contributed by atoms with Crippen LogP contribution in [-0.2, 0) is 5.54 Å². The highest BCUT2D eigenvalue weighted by molar-refractivity contribution is 5.85. The average Bonchev–Trinajstić information content (AvgIpc) is 2.96. The molecule has 0 amide bonds. The van der Waals surface area contributed by atoms with Crippen molar-refractivity contribution in [2.24, 2.45) is 5.73 Å². The van der Waals surface area contributed by atoms with E-state index in [9.17, 15) is 0 Å². The summed E-state index contributed by atoms with van der Waals surface area (Å²) in [4.78, 5) is 3.32. The number of rotatable bonds is 3. The smallest absolute Gasteiger partial charge is 0.120 e. The van der Waals surface area contributed by atoms with Crippen molar-refractivity contribution in [1.82, 2.24) is 4.98 Å². The number of nitrogens with one attached hydrogen (secondary N) is 1. The molecular weight excluding hydrogens is 224 g/mol. The molecule has 96 valence electrons. The van der Waals surface area contributed by atoms with Crippen LogP contribution >= 0.6 is 0 Å². The van der Waals surface area contributed by atoms with Crippen LogP contribution in [0.15, 0.2) is 24.4 Å². The van der Waals surface area contributed by atoms with Gasteiger partial charge >= 0.3 is 0 Å². The van der Waals surface area contributed by atoms with Crippen LogP contribution in [0.3, 0.4) is 0 Å². The van der Waals surface area contributed by atoms with Gasteiger partial charge in [-0.15, -0.1) is 0 Å². The second-order valence-electron chi connectivity index (χ2n) is 5.21. The highest BCUT2D eigenvalue weighted by Gasteiger charge is 2.33. The maximum Gasteiger partial charge on any atom is 0.120 e. The van der Waals surface area contributed by atoms with Crippen molar-refractivity contribution in [3.8, 4) is 5.75 Å². The van der Waals surface area contributed by atoms with Crippen molar-refractivity contribution < 1.29 is 4.74 Å². The van der Waals surface area contributed by atoms with Crippen molar-refractivity contribution >= 4 is 10.9 Å². The molecule has 0 bridgehead atoms. The molecule has 1 aromatic carbocycles. The number of H-pyrrole nitrogens is 1. The van der Waals surface area contributed by atoms with Crippen LogP contribution in [0.5, 0.6) is 5.75 Å². The fourth-order valence-corrected chi connectivity index (χ4v) is 3.04. The van der Waals surface area contributed by atoms with Gasteiger partial charge in [0.1, 0.15) is 5.75 Å². The maximum absolute atomic E-state index is 6.55. The summed E-state index contributed by atoms with van der Waals surface area (Å²) in [5, 5.41) is 1.21. The number of ether oxygens (including phenoxy) is 1. The van der Waals surface area contributed by atoms with Gasteiger partial charge in [-0.3, -0.25) is 0 Å². The fraction of sp³-hybridized carbons (Fsp3) is 0.467. The van der Waals surface area contributed by atoms with E-state index >= 15 is 0 Å². The third-order valence-electron chi connectivity index (χ3n) is 4.00. The largest absolute Gasteiger partial charge is 0.494 e. The highest BCUT2D eigenvalue weighted by Crippen LogP contribution is 2.40. The predicted molar refractivity (Wildman–Crippen MR) is 73.8 cm³/mol. The lowest BCUT2D eigenvalue weighted by atomic mass is 9.89. The first-order valence-electron chi connectivity index (χ1n) is 6.76. The Morgan fingerprint density at radius 1 is 1.33 bits per heavy atom. The second-order valence-corrected chi connectivity index (χ2v) is 5.21. The molecule has 1 saturated carbocycles. The molecule has 0 aliphatic heterocycles. The van der Waals surface area contributed by atoms with Crippen LogP contribution in [-0.4, -0.2) is 11.6 Å². The molecule has 0 spiro atoms. The molecule has 1 aromatic heterocycles. The van der Waals surface area contributed by atoms with Gasteiger partial charge in [0, 0.05) is 22.6 Å². The zero-order valence-corrected chi connectivity index (χ0v) is 10.8. The zero-order valence-electron chi connectivity index (χ0n) is 10.8. The Balaban J connectivity index is 2.09. The van der Waals surface area contributed by atoms with Gasteiger partial charge in [-0.1, -0.05) is 12.8 Å². The van der Waals surface area contributed by atoms with Gasteiger partial charge in [0.25, 0.3) is 0 Å². The topological polar surface area (TPSA) is 51.0 Å². The standard InChI is InChI=1S/C15H20N2O/c1-2-18-11-5-6-14-12(9-11)13(10-17-14)15(16)7-3-4-8-15/h5-6,9-10,17H,2-4,7-8,16H2,1H3. The Labute approximate surface area is 107 Å². The van der Waals surface area contributed by atoms with E-state index in [0.717, 1.165) is 24.1 Å². The van der Waals surface area contributed by atoms with Gasteiger partial charge in [-0.05, 0) is 43.5 Å². The normalized spacial score (nSPS) is 18.3. The molecule has 0 radical (unpaired) electrons. The van der Waals surface area contributed by atoms with Crippen LogP contribution in [0.1, 0.15) is 38.2 Å². The van der Waals surface area contributed by atoms with E-state index in [1.165, 1.54) is 23.8 Å². The molecule has 1 aliphatic rings. The molecule has 1 fully saturated rings. The number of aromatic amines is 1. The maximum atomic E-state index is 6.55. The monoisotopic (exact) mass is 244 g/mol. The quantitative estimate of drug-likeness (QED) is 0.870. The molecule has 0 saturated heterocycles. The van der Waals surface area contributed by atoms with Crippen LogP contribution in [0.2, 0.25) is 0 Å². The van der Waals surface area contributed by atoms with Crippen molar-refractivity contribution in [2.75, 3.05) is 6.61 Å². The predicted octanol–water partition coefficient (Wildman–Crippen LogP) is 3.29. The summed E-state index contributed by atoms with van der Waals surface area (Å²) < 4.78 is 5.58. The molecular formula is C15H20N2O. The summed E-state index contributed by atoms with van der Waals surface area (Å²) in [6.07, 6.45) is 6.70. The first-order chi connectivity index (χ1) is 8.73. The summed E-state index contributed by atoms with van der Waals surface area (Å²) in [5.41, 5.74) is 8.79. The number of fused-ring (bicyclic) bond motifs is 1. The van der Waals surface area contributed by atoms with E-state index < -0.39 is 0 Å². The Morgan fingerprint density at radius 3 is 2.83 bits per heavy atom. The third-order valence-corrected chi connectivity index (χ3v) is 4.00. The molecule has 3 rings (SSSR count). The summed E-state index contributed by atoms with van der Waals surface area (Å²) in [6.45, 7) is 2.70. The Kier molecular flexibility index (Phi) is 2.78. The van der Waals surface area contributed by atoms with Crippen LogP contribution in [0, 0.1) is 0 Å². The lowest BCUT2D eigenvalue weighted by Crippen LogP contribution is -2.32. The Bertz CT molecular complexity index is 553. The molecule has 1 aliphatic carbocycles. The molecule has 3 nitrogen and oxygen atoms in total. The van der Waals surface area contributed by atoms with Crippen LogP contribution in [0.25, 0.3) is 10.9 Å². The molecule has 1 heterocycles. The van der Waals surface area contributed by atoms with Crippen LogP contribution in [0.4, 0.5) is 0 Å². The fourth-order valence-electron chi connectivity index (χ4n) is 3.04. The molecule has 0 unspecified atom stereocenters. The first-order valence-corrected chi connectivity index (χ1v) is 6.76. The molecule has 18 heavy (non-hydrogen) atoms. The minimum Gasteiger partial charge on any atom is -0.494 e. The number of hydrogen-bond donors (Lipinski definition) is 2. The van der Waals surface area contributed by atoms with E-state index in [1.807, 2.05) is 13.0 Å². The number of hydrogen-bond acceptors (Lipinski definition) is 2. The zero-order chi connectivity index (χ0) is 12.6. The average molecular weight is 244 g/mol. The summed E-state index contributed by atoms with van der Waals surface area (Å²) in [5.74, 6) is 0.924. The molecule has 0 atom stereocenters. The van der Waals surface area contributed by atoms with Crippen LogP contribution < -0.4 is 10.5 Å². The SMILES string of the molecule is CCOc1ccc2[nH]cc(C3(N)CCCC3)c2c1. The van der Waals surface area contributed by atoms with E-state index in [4.69, 9.17) is 10.5 Å². The van der Waals surface area contributed by atoms with Crippen molar-refractivity contribution in [3.63, 3.8) is 0 Å². The lowest BCUT2D eigenvalue weighted by Gasteiger charge is -2.23. The minimum absolute atomic E-state index is 0.150. The van der Waals surface area contributed by atoms with E-state index in [-0.39, 0.29) is 5.54 Å². The second kappa shape index (κ2) is 4.32. The summed E-state index contributed by atoms with van der Waals surface area (Å²) in [6, 6.07) is 6.18. The Morgan fingerprint density at radius 2 is 2.11 bits per heavy atom. The van der Waals surface area contributed by atoms with Crippen molar-refractivity contribution in [3.05, 3.63) is 30.0 Å². The van der Waals surface area contributed by atoms with Gasteiger partial charge in [0.05, 0.1) is 6.61 Å². The van der Waals surface area contributed by atoms with E-state index in [2.05, 4.69) is 23.3 Å².